The molecule has 1 N–H and O–H groups in total. The number of amides is 1. The van der Waals surface area contributed by atoms with Crippen LogP contribution in [0.3, 0.4) is 0 Å². The van der Waals surface area contributed by atoms with E-state index in [-0.39, 0.29) is 17.5 Å². The third-order valence-electron chi connectivity index (χ3n) is 3.73. The maximum absolute atomic E-state index is 13.3. The van der Waals surface area contributed by atoms with Crippen molar-refractivity contribution in [1.82, 2.24) is 0 Å². The summed E-state index contributed by atoms with van der Waals surface area (Å²) in [5.74, 6) is -0.179. The second-order valence-corrected chi connectivity index (χ2v) is 5.28. The van der Waals surface area contributed by atoms with Crippen LogP contribution in [0.15, 0.2) is 42.5 Å². The van der Waals surface area contributed by atoms with Gasteiger partial charge in [0, 0.05) is 12.5 Å². The molecule has 1 aliphatic rings. The molecule has 2 aromatic carbocycles. The lowest BCUT2D eigenvalue weighted by atomic mass is 10.1. The van der Waals surface area contributed by atoms with E-state index >= 15 is 0 Å². The fourth-order valence-corrected chi connectivity index (χ4v) is 2.71. The Bertz CT molecular complexity index is 684. The molecule has 0 atom stereocenters. The second kappa shape index (κ2) is 5.56. The molecule has 4 heteroatoms. The Balaban J connectivity index is 1.99. The highest BCUT2D eigenvalue weighted by Gasteiger charge is 2.22. The van der Waals surface area contributed by atoms with Gasteiger partial charge >= 0.3 is 0 Å². The third-order valence-corrected chi connectivity index (χ3v) is 3.73. The number of phenols is 1. The van der Waals surface area contributed by atoms with Gasteiger partial charge in [0.15, 0.2) is 0 Å². The molecule has 1 amide bonds. The number of phenolic OH excluding ortho intramolecular Hbond substituents is 1. The number of rotatable bonds is 2. The maximum atomic E-state index is 13.3. The minimum atomic E-state index is -0.314. The monoisotopic (exact) mass is 285 g/mol. The lowest BCUT2D eigenvalue weighted by Gasteiger charge is -2.23. The van der Waals surface area contributed by atoms with Crippen molar-refractivity contribution < 1.29 is 14.3 Å². The number of nitrogens with zero attached hydrogens (tertiary/aromatic N) is 1. The van der Waals surface area contributed by atoms with Crippen molar-refractivity contribution in [3.05, 3.63) is 59.4 Å². The summed E-state index contributed by atoms with van der Waals surface area (Å²) in [7, 11) is 0. The van der Waals surface area contributed by atoms with E-state index in [0.717, 1.165) is 29.7 Å². The minimum Gasteiger partial charge on any atom is -0.508 e. The van der Waals surface area contributed by atoms with Crippen LogP contribution in [-0.4, -0.2) is 11.0 Å². The fourth-order valence-electron chi connectivity index (χ4n) is 2.71. The van der Waals surface area contributed by atoms with E-state index < -0.39 is 0 Å². The summed E-state index contributed by atoms with van der Waals surface area (Å²) in [5, 5.41) is 9.70. The summed E-state index contributed by atoms with van der Waals surface area (Å²) in [6, 6.07) is 11.3. The molecular weight excluding hydrogens is 269 g/mol. The summed E-state index contributed by atoms with van der Waals surface area (Å²) in [5.41, 5.74) is 2.50. The highest BCUT2D eigenvalue weighted by Crippen LogP contribution is 2.31. The Hall–Kier alpha value is -2.36. The molecule has 108 valence electrons. The number of aryl methyl sites for hydroxylation is 1. The molecule has 2 aromatic rings. The number of carbonyl (C=O) groups is 1. The fraction of sp³-hybridized carbons (Fsp3) is 0.235. The molecule has 0 fully saturated rings. The van der Waals surface area contributed by atoms with Crippen LogP contribution in [0.5, 0.6) is 5.75 Å². The molecule has 3 nitrogen and oxygen atoms in total. The standard InChI is InChI=1S/C17H16FNO2/c18-14-5-1-3-12(9-14)11-19-16-10-15(20)8-7-13(16)4-2-6-17(19)21/h1,3,5,7-10,20H,2,4,6,11H2. The van der Waals surface area contributed by atoms with Crippen LogP contribution in [0.4, 0.5) is 10.1 Å². The molecule has 0 aliphatic carbocycles. The van der Waals surface area contributed by atoms with Crippen molar-refractivity contribution in [2.45, 2.75) is 25.8 Å². The number of halogens is 1. The number of hydrogen-bond acceptors (Lipinski definition) is 2. The van der Waals surface area contributed by atoms with E-state index in [2.05, 4.69) is 0 Å². The zero-order valence-corrected chi connectivity index (χ0v) is 11.6. The van der Waals surface area contributed by atoms with Crippen LogP contribution in [0.2, 0.25) is 0 Å². The SMILES string of the molecule is O=C1CCCc2ccc(O)cc2N1Cc1cccc(F)c1. The topological polar surface area (TPSA) is 40.5 Å². The number of aromatic hydroxyl groups is 1. The molecule has 0 radical (unpaired) electrons. The minimum absolute atomic E-state index is 0.00334. The molecule has 0 aromatic heterocycles. The quantitative estimate of drug-likeness (QED) is 0.918. The number of fused-ring (bicyclic) bond motifs is 1. The van der Waals surface area contributed by atoms with Crippen molar-refractivity contribution in [3.8, 4) is 5.75 Å². The first-order valence-electron chi connectivity index (χ1n) is 7.00. The largest absolute Gasteiger partial charge is 0.508 e. The third kappa shape index (κ3) is 2.89. The van der Waals surface area contributed by atoms with Crippen molar-refractivity contribution >= 4 is 11.6 Å². The van der Waals surface area contributed by atoms with Crippen LogP contribution in [0.1, 0.15) is 24.0 Å². The van der Waals surface area contributed by atoms with Crippen molar-refractivity contribution in [1.29, 1.82) is 0 Å². The molecule has 3 rings (SSSR count). The summed E-state index contributed by atoms with van der Waals surface area (Å²) in [6.45, 7) is 0.313. The average Bonchev–Trinajstić information content (AvgIpc) is 2.60. The highest BCUT2D eigenvalue weighted by atomic mass is 19.1. The van der Waals surface area contributed by atoms with Crippen LogP contribution < -0.4 is 4.90 Å². The van der Waals surface area contributed by atoms with E-state index in [9.17, 15) is 14.3 Å². The first-order valence-corrected chi connectivity index (χ1v) is 7.00. The van der Waals surface area contributed by atoms with Gasteiger partial charge in [-0.3, -0.25) is 4.79 Å². The number of benzene rings is 2. The Morgan fingerprint density at radius 2 is 2.00 bits per heavy atom. The molecule has 0 saturated heterocycles. The van der Waals surface area contributed by atoms with Crippen molar-refractivity contribution in [2.24, 2.45) is 0 Å². The number of anilines is 1. The molecular formula is C17H16FNO2. The summed E-state index contributed by atoms with van der Waals surface area (Å²) >= 11 is 0. The Labute approximate surface area is 122 Å². The second-order valence-electron chi connectivity index (χ2n) is 5.28. The number of carbonyl (C=O) groups excluding carboxylic acids is 1. The van der Waals surface area contributed by atoms with Crippen LogP contribution in [-0.2, 0) is 17.8 Å². The van der Waals surface area contributed by atoms with Crippen molar-refractivity contribution in [2.75, 3.05) is 4.90 Å². The van der Waals surface area contributed by atoms with Crippen molar-refractivity contribution in [3.63, 3.8) is 0 Å². The molecule has 0 spiro atoms. The van der Waals surface area contributed by atoms with Gasteiger partial charge in [0.05, 0.1) is 12.2 Å². The first kappa shape index (κ1) is 13.6. The van der Waals surface area contributed by atoms with E-state index in [1.165, 1.54) is 12.1 Å². The molecule has 0 saturated carbocycles. The molecule has 0 unspecified atom stereocenters. The van der Waals surface area contributed by atoms with Gasteiger partial charge in [0.1, 0.15) is 11.6 Å². The highest BCUT2D eigenvalue weighted by molar-refractivity contribution is 5.95. The first-order chi connectivity index (χ1) is 10.1. The predicted molar refractivity (Wildman–Crippen MR) is 78.6 cm³/mol. The summed E-state index contributed by atoms with van der Waals surface area (Å²) < 4.78 is 13.3. The lowest BCUT2D eigenvalue weighted by molar-refractivity contribution is -0.118. The number of hydrogen-bond donors (Lipinski definition) is 1. The summed E-state index contributed by atoms with van der Waals surface area (Å²) in [4.78, 5) is 14.0. The van der Waals surface area contributed by atoms with Gasteiger partial charge in [0.25, 0.3) is 0 Å². The van der Waals surface area contributed by atoms with Crippen LogP contribution >= 0.6 is 0 Å². The van der Waals surface area contributed by atoms with Gasteiger partial charge < -0.3 is 10.0 Å². The Morgan fingerprint density at radius 1 is 1.14 bits per heavy atom. The predicted octanol–water partition coefficient (Wildman–Crippen LogP) is 3.40. The maximum Gasteiger partial charge on any atom is 0.227 e. The summed E-state index contributed by atoms with van der Waals surface area (Å²) in [6.07, 6.45) is 2.06. The van der Waals surface area contributed by atoms with Crippen LogP contribution in [0.25, 0.3) is 0 Å². The Morgan fingerprint density at radius 3 is 2.81 bits per heavy atom. The van der Waals surface area contributed by atoms with Gasteiger partial charge in [-0.25, -0.2) is 4.39 Å². The van der Waals surface area contributed by atoms with Gasteiger partial charge in [-0.15, -0.1) is 0 Å². The lowest BCUT2D eigenvalue weighted by Crippen LogP contribution is -2.29. The smallest absolute Gasteiger partial charge is 0.227 e. The average molecular weight is 285 g/mol. The van der Waals surface area contributed by atoms with Gasteiger partial charge in [-0.1, -0.05) is 18.2 Å². The van der Waals surface area contributed by atoms with Gasteiger partial charge in [-0.2, -0.15) is 0 Å². The van der Waals surface area contributed by atoms with E-state index in [1.807, 2.05) is 6.07 Å². The molecule has 1 heterocycles. The van der Waals surface area contributed by atoms with E-state index in [1.54, 1.807) is 29.2 Å². The molecule has 1 aliphatic heterocycles. The van der Waals surface area contributed by atoms with Gasteiger partial charge in [0.2, 0.25) is 5.91 Å². The Kier molecular flexibility index (Phi) is 3.60. The molecule has 21 heavy (non-hydrogen) atoms. The van der Waals surface area contributed by atoms with E-state index in [0.29, 0.717) is 13.0 Å². The van der Waals surface area contributed by atoms with Gasteiger partial charge in [-0.05, 0) is 42.2 Å². The normalized spacial score (nSPS) is 14.7. The zero-order valence-electron chi connectivity index (χ0n) is 11.6. The van der Waals surface area contributed by atoms with E-state index in [4.69, 9.17) is 0 Å². The zero-order chi connectivity index (χ0) is 14.8. The van der Waals surface area contributed by atoms with Crippen LogP contribution in [0, 0.1) is 5.82 Å². The molecule has 0 bridgehead atoms.